The highest BCUT2D eigenvalue weighted by atomic mass is 79.9. The molecule has 0 radical (unpaired) electrons. The Kier molecular flexibility index (Phi) is 13.5. The number of fused-ring (bicyclic) bond motifs is 2. The third-order valence-electron chi connectivity index (χ3n) is 7.38. The third-order valence-corrected chi connectivity index (χ3v) is 8.17. The van der Waals surface area contributed by atoms with Gasteiger partial charge in [0.05, 0.1) is 22.8 Å². The molecule has 232 valence electrons. The molecule has 0 aromatic carbocycles. The van der Waals surface area contributed by atoms with Gasteiger partial charge in [0.25, 0.3) is 5.91 Å². The van der Waals surface area contributed by atoms with Crippen LogP contribution in [0.1, 0.15) is 34.1 Å². The molecule has 2 amide bonds. The van der Waals surface area contributed by atoms with Gasteiger partial charge >= 0.3 is 6.09 Å². The van der Waals surface area contributed by atoms with Gasteiger partial charge in [0, 0.05) is 45.5 Å². The van der Waals surface area contributed by atoms with Gasteiger partial charge in [0.15, 0.2) is 11.9 Å². The maximum Gasteiger partial charge on any atom is 0.405 e. The maximum atomic E-state index is 13.6. The molecule has 42 heavy (non-hydrogen) atoms. The Labute approximate surface area is 255 Å². The monoisotopic (exact) mass is 652 g/mol. The molecule has 1 heterocycles. The summed E-state index contributed by atoms with van der Waals surface area (Å²) in [5.41, 5.74) is 6.22. The van der Waals surface area contributed by atoms with Gasteiger partial charge in [0.2, 0.25) is 5.78 Å². The topological polar surface area (TPSA) is 152 Å². The molecule has 1 aliphatic heterocycles. The number of nitrogens with one attached hydrogen (secondary N) is 1. The van der Waals surface area contributed by atoms with E-state index in [0.717, 1.165) is 0 Å². The molecule has 3 N–H and O–H groups in total. The highest BCUT2D eigenvalue weighted by Crippen LogP contribution is 2.32. The van der Waals surface area contributed by atoms with Gasteiger partial charge in [0.1, 0.15) is 11.8 Å². The van der Waals surface area contributed by atoms with E-state index >= 15 is 0 Å². The summed E-state index contributed by atoms with van der Waals surface area (Å²) in [5, 5.41) is 2.56. The van der Waals surface area contributed by atoms with E-state index in [9.17, 15) is 19.2 Å². The maximum absolute atomic E-state index is 13.6. The molecule has 11 nitrogen and oxygen atoms in total. The predicted molar refractivity (Wildman–Crippen MR) is 159 cm³/mol. The lowest BCUT2D eigenvalue weighted by Gasteiger charge is -2.34. The number of nitrogens with two attached hydrogens (primary N) is 1. The van der Waals surface area contributed by atoms with E-state index in [-0.39, 0.29) is 33.2 Å². The average molecular weight is 654 g/mol. The smallest absolute Gasteiger partial charge is 0.405 e. The van der Waals surface area contributed by atoms with Crippen molar-refractivity contribution < 1.29 is 42.9 Å². The lowest BCUT2D eigenvalue weighted by atomic mass is 9.84. The van der Waals surface area contributed by atoms with Crippen molar-refractivity contribution in [2.75, 3.05) is 28.4 Å². The largest absolute Gasteiger partial charge is 0.439 e. The highest BCUT2D eigenvalue weighted by molar-refractivity contribution is 9.12. The number of hydrogen-bond acceptors (Lipinski definition) is 9. The standard InChI is InChI=1S/C30H41BrN2O9/c1-15-10-9-11-21(38-5)28(42-30(32)37)17(3)12-16(2)27(41-8)22(39-6)13-18(4)26(40-7)19-14-20(34)23(31)24(25(19)35)33-29(15)36/h9-12,14,16,18,21-22,26-28H,13H2,1-8H3,(H2,32,37)(H,33,36)/b11-9-,15-10+,17-12+. The number of allylic oxidation sites excluding steroid dienone is 5. The number of carbonyl (C=O) groups is 4. The van der Waals surface area contributed by atoms with E-state index < -0.39 is 54.1 Å². The summed E-state index contributed by atoms with van der Waals surface area (Å²) >= 11 is 3.16. The molecule has 0 aromatic heterocycles. The second-order valence-corrected chi connectivity index (χ2v) is 11.1. The lowest BCUT2D eigenvalue weighted by molar-refractivity contribution is -0.120. The Morgan fingerprint density at radius 1 is 1.00 bits per heavy atom. The predicted octanol–water partition coefficient (Wildman–Crippen LogP) is 3.44. The third kappa shape index (κ3) is 8.57. The number of methoxy groups -OCH3 is 4. The van der Waals surface area contributed by atoms with Crippen LogP contribution in [0.25, 0.3) is 0 Å². The van der Waals surface area contributed by atoms with Gasteiger partial charge in [-0.1, -0.05) is 38.2 Å². The van der Waals surface area contributed by atoms with Crippen molar-refractivity contribution in [3.63, 3.8) is 0 Å². The first kappa shape index (κ1) is 35.3. The van der Waals surface area contributed by atoms with Crippen LogP contribution in [0.15, 0.2) is 57.3 Å². The summed E-state index contributed by atoms with van der Waals surface area (Å²) in [6, 6.07) is 0. The molecule has 1 aliphatic carbocycles. The summed E-state index contributed by atoms with van der Waals surface area (Å²) in [6.07, 6.45) is 3.91. The van der Waals surface area contributed by atoms with Gasteiger partial charge < -0.3 is 34.7 Å². The second kappa shape index (κ2) is 16.1. The molecule has 0 saturated carbocycles. The fraction of sp³-hybridized carbons (Fsp3) is 0.533. The van der Waals surface area contributed by atoms with Crippen LogP contribution in [-0.2, 0) is 38.1 Å². The summed E-state index contributed by atoms with van der Waals surface area (Å²) in [7, 11) is 6.04. The molecule has 0 aromatic rings. The molecule has 2 aliphatic rings. The SMILES string of the molecule is COC1/C=C\C=C(/C)C(=O)NC2=C(Br)C(=O)C=C(C2=O)C(OC)C(C)CC(OC)C(OC)C(C)/C=C(\C)C1OC(N)=O. The minimum absolute atomic E-state index is 0.0585. The Hall–Kier alpha value is -2.90. The van der Waals surface area contributed by atoms with Crippen LogP contribution in [0, 0.1) is 11.8 Å². The van der Waals surface area contributed by atoms with Crippen molar-refractivity contribution in [3.8, 4) is 0 Å². The zero-order chi connectivity index (χ0) is 31.7. The summed E-state index contributed by atoms with van der Waals surface area (Å²) < 4.78 is 28.4. The number of halogens is 1. The van der Waals surface area contributed by atoms with Gasteiger partial charge in [-0.25, -0.2) is 4.79 Å². The van der Waals surface area contributed by atoms with Crippen LogP contribution in [0.5, 0.6) is 0 Å². The van der Waals surface area contributed by atoms with Gasteiger partial charge in [-0.3, -0.25) is 14.4 Å². The number of ketones is 2. The van der Waals surface area contributed by atoms with Crippen LogP contribution in [0.4, 0.5) is 4.79 Å². The van der Waals surface area contributed by atoms with Crippen LogP contribution in [0.2, 0.25) is 0 Å². The lowest BCUT2D eigenvalue weighted by Crippen LogP contribution is -2.41. The molecule has 7 atom stereocenters. The molecule has 2 rings (SSSR count). The van der Waals surface area contributed by atoms with Crippen molar-refractivity contribution in [3.05, 3.63) is 57.3 Å². The van der Waals surface area contributed by atoms with Crippen molar-refractivity contribution in [2.24, 2.45) is 17.6 Å². The first-order valence-corrected chi connectivity index (χ1v) is 14.2. The Bertz CT molecular complexity index is 1200. The summed E-state index contributed by atoms with van der Waals surface area (Å²) in [4.78, 5) is 51.3. The Morgan fingerprint density at radius 2 is 1.67 bits per heavy atom. The van der Waals surface area contributed by atoms with E-state index in [4.69, 9.17) is 29.4 Å². The average Bonchev–Trinajstić information content (AvgIpc) is 2.94. The quantitative estimate of drug-likeness (QED) is 0.336. The minimum atomic E-state index is -0.976. The highest BCUT2D eigenvalue weighted by Gasteiger charge is 2.38. The van der Waals surface area contributed by atoms with E-state index in [1.54, 1.807) is 40.2 Å². The van der Waals surface area contributed by atoms with Gasteiger partial charge in [-0.2, -0.15) is 0 Å². The normalized spacial score (nSPS) is 33.6. The molecular weight excluding hydrogens is 612 g/mol. The first-order valence-electron chi connectivity index (χ1n) is 13.4. The zero-order valence-electron chi connectivity index (χ0n) is 25.3. The molecule has 12 heteroatoms. The van der Waals surface area contributed by atoms with E-state index in [0.29, 0.717) is 12.0 Å². The molecular formula is C30H41BrN2O9. The van der Waals surface area contributed by atoms with Crippen molar-refractivity contribution in [2.45, 2.75) is 64.6 Å². The van der Waals surface area contributed by atoms with Crippen molar-refractivity contribution in [1.29, 1.82) is 0 Å². The number of hydrogen-bond donors (Lipinski definition) is 2. The molecule has 0 fully saturated rings. The van der Waals surface area contributed by atoms with Crippen molar-refractivity contribution >= 4 is 39.5 Å². The van der Waals surface area contributed by atoms with Gasteiger partial charge in [-0.05, 0) is 53.8 Å². The fourth-order valence-corrected chi connectivity index (χ4v) is 5.63. The molecule has 7 unspecified atom stereocenters. The number of rotatable bonds is 5. The fourth-order valence-electron chi connectivity index (χ4n) is 5.23. The van der Waals surface area contributed by atoms with Gasteiger partial charge in [-0.15, -0.1) is 0 Å². The summed E-state index contributed by atoms with van der Waals surface area (Å²) in [5.74, 6) is -2.16. The minimum Gasteiger partial charge on any atom is -0.439 e. The number of amides is 2. The van der Waals surface area contributed by atoms with E-state index in [2.05, 4.69) is 21.2 Å². The molecule has 2 bridgehead atoms. The number of ether oxygens (including phenoxy) is 5. The number of carbonyl (C=O) groups excluding carboxylic acids is 4. The van der Waals surface area contributed by atoms with Crippen molar-refractivity contribution in [1.82, 2.24) is 5.32 Å². The molecule has 0 saturated heterocycles. The van der Waals surface area contributed by atoms with E-state index in [1.165, 1.54) is 26.4 Å². The number of Topliss-reactive ketones (excluding diaryl/α,β-unsaturated/α-hetero) is 1. The number of primary amides is 1. The first-order chi connectivity index (χ1) is 19.8. The molecule has 0 spiro atoms. The van der Waals surface area contributed by atoms with Crippen LogP contribution in [-0.4, -0.2) is 82.5 Å². The Morgan fingerprint density at radius 3 is 2.21 bits per heavy atom. The van der Waals surface area contributed by atoms with E-state index in [1.807, 2.05) is 19.9 Å². The summed E-state index contributed by atoms with van der Waals surface area (Å²) in [6.45, 7) is 7.15. The van der Waals surface area contributed by atoms with Crippen LogP contribution in [0.3, 0.4) is 0 Å². The second-order valence-electron chi connectivity index (χ2n) is 10.3. The zero-order valence-corrected chi connectivity index (χ0v) is 26.9. The Balaban J connectivity index is 2.70. The van der Waals surface area contributed by atoms with Crippen LogP contribution < -0.4 is 11.1 Å². The van der Waals surface area contributed by atoms with Crippen LogP contribution >= 0.6 is 15.9 Å².